The zero-order chi connectivity index (χ0) is 15.0. The monoisotopic (exact) mass is 308 g/mol. The Bertz CT molecular complexity index is 751. The number of nitrogens with zero attached hydrogens (tertiary/aromatic N) is 1. The van der Waals surface area contributed by atoms with Gasteiger partial charge in [0.25, 0.3) is 0 Å². The highest BCUT2D eigenvalue weighted by Gasteiger charge is 2.31. The van der Waals surface area contributed by atoms with Crippen molar-refractivity contribution in [1.82, 2.24) is 4.90 Å². The first-order valence-electron chi connectivity index (χ1n) is 7.10. The number of benzene rings is 1. The van der Waals surface area contributed by atoms with Crippen LogP contribution in [0.5, 0.6) is 0 Å². The number of hydrogen-bond donors (Lipinski definition) is 1. The second-order valence-corrected chi connectivity index (χ2v) is 7.90. The number of furan rings is 1. The summed E-state index contributed by atoms with van der Waals surface area (Å²) in [6.07, 6.45) is 0.701. The zero-order valence-electron chi connectivity index (χ0n) is 12.1. The van der Waals surface area contributed by atoms with Gasteiger partial charge in [-0.2, -0.15) is 0 Å². The fraction of sp³-hybridized carbons (Fsp3) is 0.467. The van der Waals surface area contributed by atoms with Crippen LogP contribution in [0.25, 0.3) is 11.0 Å². The maximum absolute atomic E-state index is 11.6. The molecule has 0 amide bonds. The lowest BCUT2D eigenvalue weighted by molar-refractivity contribution is 0.252. The minimum atomic E-state index is -2.87. The van der Waals surface area contributed by atoms with Crippen LogP contribution >= 0.6 is 0 Å². The molecule has 1 atom stereocenters. The van der Waals surface area contributed by atoms with E-state index in [-0.39, 0.29) is 17.5 Å². The molecule has 2 heterocycles. The molecule has 1 aromatic carbocycles. The molecule has 1 saturated heterocycles. The van der Waals surface area contributed by atoms with Crippen LogP contribution in [0.1, 0.15) is 17.7 Å². The number of sulfone groups is 1. The SMILES string of the molecule is CN(Cc1c(CN)oc2ccccc12)C1CCS(=O)(=O)C1. The molecule has 0 aliphatic carbocycles. The minimum absolute atomic E-state index is 0.0780. The molecule has 1 aliphatic heterocycles. The van der Waals surface area contributed by atoms with E-state index in [0.717, 1.165) is 22.3 Å². The van der Waals surface area contributed by atoms with Crippen molar-refractivity contribution in [2.75, 3.05) is 18.6 Å². The van der Waals surface area contributed by atoms with Crippen molar-refractivity contribution in [1.29, 1.82) is 0 Å². The summed E-state index contributed by atoms with van der Waals surface area (Å²) in [5, 5.41) is 1.06. The van der Waals surface area contributed by atoms with Gasteiger partial charge in [0.05, 0.1) is 18.1 Å². The Morgan fingerprint density at radius 3 is 2.81 bits per heavy atom. The maximum Gasteiger partial charge on any atom is 0.151 e. The van der Waals surface area contributed by atoms with E-state index in [1.54, 1.807) is 0 Å². The Labute approximate surface area is 124 Å². The molecule has 1 aliphatic rings. The fourth-order valence-electron chi connectivity index (χ4n) is 2.99. The van der Waals surface area contributed by atoms with Crippen molar-refractivity contribution >= 4 is 20.8 Å². The van der Waals surface area contributed by atoms with Gasteiger partial charge in [0.1, 0.15) is 11.3 Å². The first-order chi connectivity index (χ1) is 10.00. The third-order valence-electron chi connectivity index (χ3n) is 4.21. The van der Waals surface area contributed by atoms with Crippen LogP contribution in [0.3, 0.4) is 0 Å². The van der Waals surface area contributed by atoms with E-state index in [2.05, 4.69) is 4.90 Å². The lowest BCUT2D eigenvalue weighted by atomic mass is 10.1. The molecule has 1 fully saturated rings. The molecule has 3 rings (SSSR count). The predicted octanol–water partition coefficient (Wildman–Crippen LogP) is 1.51. The van der Waals surface area contributed by atoms with Gasteiger partial charge in [-0.25, -0.2) is 8.42 Å². The molecule has 1 aromatic heterocycles. The summed E-state index contributed by atoms with van der Waals surface area (Å²) in [6.45, 7) is 1.00. The van der Waals surface area contributed by atoms with E-state index in [9.17, 15) is 8.42 Å². The van der Waals surface area contributed by atoms with Gasteiger partial charge in [-0.15, -0.1) is 0 Å². The molecule has 2 N–H and O–H groups in total. The topological polar surface area (TPSA) is 76.5 Å². The van der Waals surface area contributed by atoms with Gasteiger partial charge in [0, 0.05) is 23.5 Å². The van der Waals surface area contributed by atoms with E-state index in [4.69, 9.17) is 10.2 Å². The number of para-hydroxylation sites is 1. The lowest BCUT2D eigenvalue weighted by Crippen LogP contribution is -2.32. The van der Waals surface area contributed by atoms with Crippen molar-refractivity contribution in [2.45, 2.75) is 25.6 Å². The highest BCUT2D eigenvalue weighted by molar-refractivity contribution is 7.91. The summed E-state index contributed by atoms with van der Waals surface area (Å²) in [6, 6.07) is 7.93. The highest BCUT2D eigenvalue weighted by atomic mass is 32.2. The molecule has 0 radical (unpaired) electrons. The third-order valence-corrected chi connectivity index (χ3v) is 5.96. The second-order valence-electron chi connectivity index (χ2n) is 5.68. The quantitative estimate of drug-likeness (QED) is 0.926. The first kappa shape index (κ1) is 14.6. The summed E-state index contributed by atoms with van der Waals surface area (Å²) in [7, 11) is -0.902. The van der Waals surface area contributed by atoms with E-state index >= 15 is 0 Å². The standard InChI is InChI=1S/C15H20N2O3S/c1-17(11-6-7-21(18,19)10-11)9-13-12-4-2-3-5-14(12)20-15(13)8-16/h2-5,11H,6-10,16H2,1H3. The van der Waals surface area contributed by atoms with Crippen LogP contribution in [-0.4, -0.2) is 37.9 Å². The Morgan fingerprint density at radius 2 is 2.14 bits per heavy atom. The van der Waals surface area contributed by atoms with E-state index in [1.165, 1.54) is 0 Å². The first-order valence-corrected chi connectivity index (χ1v) is 8.92. The van der Waals surface area contributed by atoms with Crippen molar-refractivity contribution < 1.29 is 12.8 Å². The van der Waals surface area contributed by atoms with Crippen LogP contribution in [0.15, 0.2) is 28.7 Å². The number of hydrogen-bond acceptors (Lipinski definition) is 5. The van der Waals surface area contributed by atoms with Crippen molar-refractivity contribution in [3.05, 3.63) is 35.6 Å². The maximum atomic E-state index is 11.6. The van der Waals surface area contributed by atoms with Gasteiger partial charge in [-0.3, -0.25) is 4.90 Å². The van der Waals surface area contributed by atoms with Crippen molar-refractivity contribution in [2.24, 2.45) is 5.73 Å². The molecular weight excluding hydrogens is 288 g/mol. The molecule has 6 heteroatoms. The molecule has 21 heavy (non-hydrogen) atoms. The molecule has 0 bridgehead atoms. The van der Waals surface area contributed by atoms with Crippen LogP contribution in [0.4, 0.5) is 0 Å². The molecule has 1 unspecified atom stereocenters. The molecule has 2 aromatic rings. The van der Waals surface area contributed by atoms with Gasteiger partial charge < -0.3 is 10.2 Å². The molecule has 0 spiro atoms. The van der Waals surface area contributed by atoms with Gasteiger partial charge >= 0.3 is 0 Å². The Hall–Kier alpha value is -1.37. The Kier molecular flexibility index (Phi) is 3.77. The van der Waals surface area contributed by atoms with E-state index in [0.29, 0.717) is 19.5 Å². The van der Waals surface area contributed by atoms with Crippen molar-refractivity contribution in [3.63, 3.8) is 0 Å². The van der Waals surface area contributed by atoms with Crippen LogP contribution in [0.2, 0.25) is 0 Å². The molecule has 114 valence electrons. The molecular formula is C15H20N2O3S. The Balaban J connectivity index is 1.87. The van der Waals surface area contributed by atoms with Gasteiger partial charge in [0.15, 0.2) is 9.84 Å². The normalized spacial score (nSPS) is 21.4. The van der Waals surface area contributed by atoms with Gasteiger partial charge in [-0.1, -0.05) is 18.2 Å². The predicted molar refractivity (Wildman–Crippen MR) is 82.6 cm³/mol. The average Bonchev–Trinajstić information content (AvgIpc) is 2.99. The smallest absolute Gasteiger partial charge is 0.151 e. The summed E-state index contributed by atoms with van der Waals surface area (Å²) in [5.41, 5.74) is 7.68. The van der Waals surface area contributed by atoms with Gasteiger partial charge in [-0.05, 0) is 19.5 Å². The highest BCUT2D eigenvalue weighted by Crippen LogP contribution is 2.28. The van der Waals surface area contributed by atoms with E-state index in [1.807, 2.05) is 31.3 Å². The number of fused-ring (bicyclic) bond motifs is 1. The number of rotatable bonds is 4. The summed E-state index contributed by atoms with van der Waals surface area (Å²) in [5.74, 6) is 1.32. The Morgan fingerprint density at radius 1 is 1.38 bits per heavy atom. The second kappa shape index (κ2) is 5.44. The number of nitrogens with two attached hydrogens (primary N) is 1. The zero-order valence-corrected chi connectivity index (χ0v) is 12.9. The van der Waals surface area contributed by atoms with Crippen LogP contribution < -0.4 is 5.73 Å². The molecule has 5 nitrogen and oxygen atoms in total. The summed E-state index contributed by atoms with van der Waals surface area (Å²) in [4.78, 5) is 2.10. The summed E-state index contributed by atoms with van der Waals surface area (Å²) < 4.78 is 29.0. The van der Waals surface area contributed by atoms with Crippen LogP contribution in [0, 0.1) is 0 Å². The van der Waals surface area contributed by atoms with E-state index < -0.39 is 9.84 Å². The average molecular weight is 308 g/mol. The van der Waals surface area contributed by atoms with Gasteiger partial charge in [0.2, 0.25) is 0 Å². The third kappa shape index (κ3) is 2.84. The minimum Gasteiger partial charge on any atom is -0.459 e. The molecule has 0 saturated carbocycles. The lowest BCUT2D eigenvalue weighted by Gasteiger charge is -2.23. The summed E-state index contributed by atoms with van der Waals surface area (Å²) >= 11 is 0. The largest absolute Gasteiger partial charge is 0.459 e. The van der Waals surface area contributed by atoms with Crippen molar-refractivity contribution in [3.8, 4) is 0 Å². The fourth-order valence-corrected chi connectivity index (χ4v) is 4.79. The van der Waals surface area contributed by atoms with Crippen LogP contribution in [-0.2, 0) is 22.9 Å².